The summed E-state index contributed by atoms with van der Waals surface area (Å²) in [5.74, 6) is -8.54. The molecular formula is C14H20F3NO5. The molecule has 1 aliphatic heterocycles. The number of esters is 1. The van der Waals surface area contributed by atoms with Crippen molar-refractivity contribution in [2.75, 3.05) is 13.2 Å². The summed E-state index contributed by atoms with van der Waals surface area (Å²) in [6.45, 7) is 3.84. The van der Waals surface area contributed by atoms with Crippen molar-refractivity contribution >= 4 is 17.8 Å². The summed E-state index contributed by atoms with van der Waals surface area (Å²) in [6.07, 6.45) is -5.91. The molecule has 0 saturated carbocycles. The van der Waals surface area contributed by atoms with Gasteiger partial charge in [0.1, 0.15) is 5.92 Å². The van der Waals surface area contributed by atoms with Gasteiger partial charge >= 0.3 is 12.1 Å². The van der Waals surface area contributed by atoms with Gasteiger partial charge in [0.15, 0.2) is 0 Å². The average Bonchev–Trinajstić information content (AvgIpc) is 2.41. The van der Waals surface area contributed by atoms with Crippen LogP contribution in [0.4, 0.5) is 13.2 Å². The van der Waals surface area contributed by atoms with E-state index in [1.807, 2.05) is 0 Å². The molecule has 2 amide bonds. The second-order valence-corrected chi connectivity index (χ2v) is 5.68. The molecule has 0 aromatic rings. The summed E-state index contributed by atoms with van der Waals surface area (Å²) in [7, 11) is 0. The summed E-state index contributed by atoms with van der Waals surface area (Å²) in [5.41, 5.74) is 0. The van der Waals surface area contributed by atoms with Crippen LogP contribution >= 0.6 is 0 Å². The number of aliphatic hydroxyl groups is 1. The Balaban J connectivity index is 3.26. The number of hydrogen-bond acceptors (Lipinski definition) is 5. The number of amides is 2. The van der Waals surface area contributed by atoms with Crippen LogP contribution in [0.2, 0.25) is 0 Å². The van der Waals surface area contributed by atoms with Gasteiger partial charge in [0.2, 0.25) is 11.8 Å². The van der Waals surface area contributed by atoms with Crippen molar-refractivity contribution < 1.29 is 37.4 Å². The lowest BCUT2D eigenvalue weighted by atomic mass is 9.82. The number of carbonyl (C=O) groups is 3. The van der Waals surface area contributed by atoms with Crippen molar-refractivity contribution in [3.63, 3.8) is 0 Å². The smallest absolute Gasteiger partial charge is 0.393 e. The minimum absolute atomic E-state index is 0.186. The number of likely N-dealkylation sites (tertiary alicyclic amines) is 1. The fourth-order valence-electron chi connectivity index (χ4n) is 2.59. The van der Waals surface area contributed by atoms with Crippen LogP contribution in [0.3, 0.4) is 0 Å². The van der Waals surface area contributed by atoms with E-state index < -0.39 is 54.9 Å². The Labute approximate surface area is 131 Å². The summed E-state index contributed by atoms with van der Waals surface area (Å²) < 4.78 is 44.0. The van der Waals surface area contributed by atoms with Crippen molar-refractivity contribution in [2.24, 2.45) is 17.8 Å². The van der Waals surface area contributed by atoms with Crippen molar-refractivity contribution in [2.45, 2.75) is 39.4 Å². The molecular weight excluding hydrogens is 319 g/mol. The highest BCUT2D eigenvalue weighted by atomic mass is 19.4. The van der Waals surface area contributed by atoms with E-state index >= 15 is 0 Å². The number of imide groups is 1. The molecule has 0 spiro atoms. The monoisotopic (exact) mass is 339 g/mol. The molecule has 132 valence electrons. The normalized spacial score (nSPS) is 24.1. The van der Waals surface area contributed by atoms with E-state index in [2.05, 4.69) is 4.74 Å². The highest BCUT2D eigenvalue weighted by Crippen LogP contribution is 2.40. The van der Waals surface area contributed by atoms with Gasteiger partial charge < -0.3 is 9.84 Å². The zero-order chi connectivity index (χ0) is 17.9. The Morgan fingerprint density at radius 2 is 1.96 bits per heavy atom. The van der Waals surface area contributed by atoms with Crippen LogP contribution < -0.4 is 0 Å². The van der Waals surface area contributed by atoms with E-state index in [0.29, 0.717) is 4.90 Å². The maximum Gasteiger partial charge on any atom is 0.393 e. The van der Waals surface area contributed by atoms with Crippen molar-refractivity contribution in [3.05, 3.63) is 0 Å². The molecule has 0 unspecified atom stereocenters. The number of ether oxygens (including phenoxy) is 1. The third-order valence-corrected chi connectivity index (χ3v) is 3.82. The fourth-order valence-corrected chi connectivity index (χ4v) is 2.59. The van der Waals surface area contributed by atoms with Crippen LogP contribution in [-0.2, 0) is 19.1 Å². The molecule has 0 aromatic heterocycles. The Morgan fingerprint density at radius 3 is 2.35 bits per heavy atom. The number of alkyl halides is 3. The Morgan fingerprint density at radius 1 is 1.39 bits per heavy atom. The minimum atomic E-state index is -4.89. The largest absolute Gasteiger partial charge is 0.465 e. The first kappa shape index (κ1) is 19.4. The summed E-state index contributed by atoms with van der Waals surface area (Å²) >= 11 is 0. The van der Waals surface area contributed by atoms with Crippen LogP contribution in [0.15, 0.2) is 0 Å². The van der Waals surface area contributed by atoms with Crippen LogP contribution in [-0.4, -0.2) is 53.2 Å². The van der Waals surface area contributed by atoms with Gasteiger partial charge in [0.05, 0.1) is 25.2 Å². The van der Waals surface area contributed by atoms with E-state index in [-0.39, 0.29) is 12.5 Å². The predicted molar refractivity (Wildman–Crippen MR) is 71.8 cm³/mol. The maximum absolute atomic E-state index is 13.1. The number of carbonyl (C=O) groups excluding carboxylic acids is 3. The highest BCUT2D eigenvalue weighted by molar-refractivity contribution is 6.08. The molecule has 0 aromatic carbocycles. The van der Waals surface area contributed by atoms with Gasteiger partial charge in [-0.2, -0.15) is 13.2 Å². The zero-order valence-corrected chi connectivity index (χ0v) is 13.1. The van der Waals surface area contributed by atoms with Gasteiger partial charge in [0.25, 0.3) is 0 Å². The lowest BCUT2D eigenvalue weighted by Crippen LogP contribution is -2.60. The summed E-state index contributed by atoms with van der Waals surface area (Å²) in [6, 6.07) is -0.985. The van der Waals surface area contributed by atoms with Crippen LogP contribution in [0.1, 0.15) is 27.2 Å². The second-order valence-electron chi connectivity index (χ2n) is 5.68. The quantitative estimate of drug-likeness (QED) is 0.461. The molecule has 1 saturated heterocycles. The fraction of sp³-hybridized carbons (Fsp3) is 0.786. The second kappa shape index (κ2) is 7.29. The number of nitrogens with zero attached hydrogens (tertiary/aromatic N) is 1. The van der Waals surface area contributed by atoms with Crippen LogP contribution in [0.5, 0.6) is 0 Å². The van der Waals surface area contributed by atoms with E-state index in [4.69, 9.17) is 0 Å². The Kier molecular flexibility index (Phi) is 6.15. The molecule has 1 heterocycles. The average molecular weight is 339 g/mol. The number of rotatable bonds is 5. The Bertz CT molecular complexity index is 478. The number of piperidine rings is 1. The van der Waals surface area contributed by atoms with Gasteiger partial charge in [-0.15, -0.1) is 0 Å². The highest BCUT2D eigenvalue weighted by Gasteiger charge is 2.58. The first-order valence-corrected chi connectivity index (χ1v) is 7.26. The number of hydrogen-bond donors (Lipinski definition) is 1. The molecule has 0 radical (unpaired) electrons. The van der Waals surface area contributed by atoms with E-state index in [9.17, 15) is 32.7 Å². The topological polar surface area (TPSA) is 83.9 Å². The molecule has 1 fully saturated rings. The van der Waals surface area contributed by atoms with Gasteiger partial charge in [0, 0.05) is 6.42 Å². The molecule has 3 atom stereocenters. The molecule has 1 N–H and O–H groups in total. The molecule has 6 nitrogen and oxygen atoms in total. The lowest BCUT2D eigenvalue weighted by molar-refractivity contribution is -0.213. The summed E-state index contributed by atoms with van der Waals surface area (Å²) in [5, 5.41) is 9.35. The third-order valence-electron chi connectivity index (χ3n) is 3.82. The van der Waals surface area contributed by atoms with Crippen LogP contribution in [0, 0.1) is 17.8 Å². The van der Waals surface area contributed by atoms with E-state index in [1.165, 1.54) is 6.92 Å². The minimum Gasteiger partial charge on any atom is -0.465 e. The van der Waals surface area contributed by atoms with Gasteiger partial charge in [-0.25, -0.2) is 0 Å². The van der Waals surface area contributed by atoms with E-state index in [1.54, 1.807) is 13.8 Å². The standard InChI is InChI=1S/C14H20F3NO5/c1-4-23-13(22)11-8(14(15,16)17)5-10(20)18(12(11)21)9(6-19)7(2)3/h7-9,11,19H,4-6H2,1-3H3/t8-,9-,11-/m1/s1. The zero-order valence-electron chi connectivity index (χ0n) is 13.1. The molecule has 1 aliphatic rings. The lowest BCUT2D eigenvalue weighted by Gasteiger charge is -2.40. The summed E-state index contributed by atoms with van der Waals surface area (Å²) in [4.78, 5) is 36.9. The molecule has 9 heteroatoms. The van der Waals surface area contributed by atoms with Crippen molar-refractivity contribution in [3.8, 4) is 0 Å². The molecule has 23 heavy (non-hydrogen) atoms. The van der Waals surface area contributed by atoms with Crippen molar-refractivity contribution in [1.29, 1.82) is 0 Å². The predicted octanol–water partition coefficient (Wildman–Crippen LogP) is 1.12. The first-order valence-electron chi connectivity index (χ1n) is 7.26. The van der Waals surface area contributed by atoms with Crippen LogP contribution in [0.25, 0.3) is 0 Å². The molecule has 1 rings (SSSR count). The number of aliphatic hydroxyl groups excluding tert-OH is 1. The van der Waals surface area contributed by atoms with E-state index in [0.717, 1.165) is 0 Å². The maximum atomic E-state index is 13.1. The SMILES string of the molecule is CCOC(=O)[C@H]1C(=O)N([C@H](CO)C(C)C)C(=O)C[C@H]1C(F)(F)F. The number of halogens is 3. The van der Waals surface area contributed by atoms with Gasteiger partial charge in [-0.1, -0.05) is 13.8 Å². The van der Waals surface area contributed by atoms with Crippen molar-refractivity contribution in [1.82, 2.24) is 4.90 Å². The Hall–Kier alpha value is -1.64. The molecule has 0 aliphatic carbocycles. The van der Waals surface area contributed by atoms with Gasteiger partial charge in [-0.05, 0) is 12.8 Å². The third kappa shape index (κ3) is 4.01. The molecule has 0 bridgehead atoms. The van der Waals surface area contributed by atoms with Gasteiger partial charge in [-0.3, -0.25) is 19.3 Å². The first-order chi connectivity index (χ1) is 10.6.